The molecule has 4 aromatic rings. The molecule has 2 amide bonds. The molecule has 2 heterocycles. The normalized spacial score (nSPS) is 11.5. The van der Waals surface area contributed by atoms with Gasteiger partial charge in [-0.1, -0.05) is 42.5 Å². The van der Waals surface area contributed by atoms with Gasteiger partial charge in [0.25, 0.3) is 17.4 Å². The molecule has 2 aromatic heterocycles. The maximum atomic E-state index is 12.8. The molecule has 0 spiro atoms. The molecule has 0 saturated carbocycles. The van der Waals surface area contributed by atoms with E-state index in [1.165, 1.54) is 22.2 Å². The minimum Gasteiger partial charge on any atom is -0.317 e. The van der Waals surface area contributed by atoms with Crippen molar-refractivity contribution in [1.82, 2.24) is 20.5 Å². The molecule has 3 N–H and O–H groups in total. The van der Waals surface area contributed by atoms with Crippen LogP contribution >= 0.6 is 11.3 Å². The molecule has 0 radical (unpaired) electrons. The highest BCUT2D eigenvalue weighted by Gasteiger charge is 2.15. The Morgan fingerprint density at radius 2 is 1.71 bits per heavy atom. The molecule has 170 valence electrons. The van der Waals surface area contributed by atoms with Crippen LogP contribution in [-0.2, 0) is 4.79 Å². The second-order valence-electron chi connectivity index (χ2n) is 7.22. The molecule has 0 unspecified atom stereocenters. The number of nitrogens with one attached hydrogen (secondary N) is 3. The first-order valence-corrected chi connectivity index (χ1v) is 11.2. The van der Waals surface area contributed by atoms with Gasteiger partial charge in [-0.2, -0.15) is 5.10 Å². The highest BCUT2D eigenvalue weighted by atomic mass is 32.1. The summed E-state index contributed by atoms with van der Waals surface area (Å²) in [5.41, 5.74) is 4.13. The lowest BCUT2D eigenvalue weighted by Crippen LogP contribution is -2.32. The van der Waals surface area contributed by atoms with Crippen LogP contribution in [0.5, 0.6) is 0 Å². The summed E-state index contributed by atoms with van der Waals surface area (Å²) in [5.74, 6) is -1.04. The van der Waals surface area contributed by atoms with Gasteiger partial charge in [0.2, 0.25) is 0 Å². The molecule has 0 atom stereocenters. The van der Waals surface area contributed by atoms with Gasteiger partial charge in [0, 0.05) is 16.1 Å². The highest BCUT2D eigenvalue weighted by Crippen LogP contribution is 2.13. The van der Waals surface area contributed by atoms with Crippen LogP contribution < -0.4 is 16.3 Å². The Labute approximate surface area is 199 Å². The van der Waals surface area contributed by atoms with E-state index in [4.69, 9.17) is 0 Å². The molecule has 4 rings (SSSR count). The van der Waals surface area contributed by atoms with Crippen molar-refractivity contribution in [3.8, 4) is 5.69 Å². The van der Waals surface area contributed by atoms with Crippen LogP contribution in [0.4, 0.5) is 0 Å². The molecular formula is C25H21N5O3S. The van der Waals surface area contributed by atoms with Gasteiger partial charge in [-0.15, -0.1) is 11.3 Å². The molecule has 0 aliphatic carbocycles. The minimum atomic E-state index is -0.620. The number of hydrogen-bond acceptors (Lipinski definition) is 5. The Kier molecular flexibility index (Phi) is 6.95. The van der Waals surface area contributed by atoms with Gasteiger partial charge in [-0.25, -0.2) is 10.1 Å². The number of aromatic nitrogens is 2. The van der Waals surface area contributed by atoms with E-state index < -0.39 is 11.8 Å². The van der Waals surface area contributed by atoms with Crippen molar-refractivity contribution in [3.63, 3.8) is 0 Å². The first-order valence-electron chi connectivity index (χ1n) is 10.3. The number of carbonyl (C=O) groups is 2. The predicted molar refractivity (Wildman–Crippen MR) is 133 cm³/mol. The van der Waals surface area contributed by atoms with Crippen LogP contribution in [0.3, 0.4) is 0 Å². The lowest BCUT2D eigenvalue weighted by molar-refractivity contribution is -0.117. The third-order valence-corrected chi connectivity index (χ3v) is 5.67. The number of thiophene rings is 1. The lowest BCUT2D eigenvalue weighted by atomic mass is 10.2. The number of hydrazone groups is 1. The molecular weight excluding hydrogens is 450 g/mol. The summed E-state index contributed by atoms with van der Waals surface area (Å²) in [6.07, 6.45) is 2.85. The number of amides is 2. The predicted octanol–water partition coefficient (Wildman–Crippen LogP) is 3.46. The van der Waals surface area contributed by atoms with Crippen molar-refractivity contribution in [1.29, 1.82) is 0 Å². The van der Waals surface area contributed by atoms with Crippen LogP contribution in [0.1, 0.15) is 26.5 Å². The molecule has 34 heavy (non-hydrogen) atoms. The molecule has 2 aromatic carbocycles. The average Bonchev–Trinajstić information content (AvgIpc) is 3.47. The van der Waals surface area contributed by atoms with E-state index >= 15 is 0 Å². The number of H-pyrrole nitrogens is 1. The smallest absolute Gasteiger partial charge is 0.287 e. The van der Waals surface area contributed by atoms with Crippen molar-refractivity contribution in [2.45, 2.75) is 6.92 Å². The van der Waals surface area contributed by atoms with E-state index in [0.29, 0.717) is 22.5 Å². The number of aromatic amines is 1. The van der Waals surface area contributed by atoms with Gasteiger partial charge >= 0.3 is 0 Å². The zero-order valence-electron chi connectivity index (χ0n) is 18.2. The van der Waals surface area contributed by atoms with E-state index in [0.717, 1.165) is 4.88 Å². The van der Waals surface area contributed by atoms with Crippen molar-refractivity contribution < 1.29 is 9.59 Å². The molecule has 0 fully saturated rings. The summed E-state index contributed by atoms with van der Waals surface area (Å²) in [7, 11) is 0. The van der Waals surface area contributed by atoms with Gasteiger partial charge < -0.3 is 5.32 Å². The number of benzene rings is 2. The van der Waals surface area contributed by atoms with Crippen LogP contribution in [0, 0.1) is 6.92 Å². The number of carbonyl (C=O) groups excluding carboxylic acids is 2. The van der Waals surface area contributed by atoms with E-state index in [2.05, 4.69) is 20.9 Å². The van der Waals surface area contributed by atoms with E-state index in [1.54, 1.807) is 55.5 Å². The summed E-state index contributed by atoms with van der Waals surface area (Å²) in [6, 6.07) is 21.4. The Balaban J connectivity index is 1.53. The van der Waals surface area contributed by atoms with Gasteiger partial charge in [0.1, 0.15) is 5.70 Å². The van der Waals surface area contributed by atoms with Crippen LogP contribution in [0.25, 0.3) is 11.8 Å². The van der Waals surface area contributed by atoms with Crippen molar-refractivity contribution in [2.75, 3.05) is 0 Å². The van der Waals surface area contributed by atoms with Gasteiger partial charge in [-0.3, -0.25) is 19.5 Å². The summed E-state index contributed by atoms with van der Waals surface area (Å²) >= 11 is 1.42. The second kappa shape index (κ2) is 10.4. The molecule has 0 bridgehead atoms. The van der Waals surface area contributed by atoms with Crippen molar-refractivity contribution in [2.24, 2.45) is 5.10 Å². The SMILES string of the molecule is Cc1[nH]n(-c2ccccc2)c(=O)c1/C=N/NC(=O)C(=Cc1cccs1)NC(=O)c1ccccc1. The molecule has 9 heteroatoms. The zero-order chi connectivity index (χ0) is 23.9. The topological polar surface area (TPSA) is 108 Å². The monoisotopic (exact) mass is 471 g/mol. The van der Waals surface area contributed by atoms with Gasteiger partial charge in [0.15, 0.2) is 0 Å². The first kappa shape index (κ1) is 22.7. The first-order chi connectivity index (χ1) is 16.5. The zero-order valence-corrected chi connectivity index (χ0v) is 19.0. The summed E-state index contributed by atoms with van der Waals surface area (Å²) in [4.78, 5) is 39.0. The Morgan fingerprint density at radius 1 is 1.00 bits per heavy atom. The summed E-state index contributed by atoms with van der Waals surface area (Å²) in [5, 5.41) is 11.5. The molecule has 0 aliphatic heterocycles. The third kappa shape index (κ3) is 5.28. The summed E-state index contributed by atoms with van der Waals surface area (Å²) < 4.78 is 1.40. The third-order valence-electron chi connectivity index (χ3n) is 4.85. The number of para-hydroxylation sites is 1. The van der Waals surface area contributed by atoms with Crippen molar-refractivity contribution in [3.05, 3.63) is 116 Å². The Hall–Kier alpha value is -4.50. The number of aryl methyl sites for hydroxylation is 1. The number of nitrogens with zero attached hydrogens (tertiary/aromatic N) is 2. The Bertz CT molecular complexity index is 1400. The number of hydrogen-bond donors (Lipinski definition) is 3. The largest absolute Gasteiger partial charge is 0.317 e. The van der Waals surface area contributed by atoms with E-state index in [-0.39, 0.29) is 11.3 Å². The van der Waals surface area contributed by atoms with Gasteiger partial charge in [-0.05, 0) is 48.7 Å². The fourth-order valence-corrected chi connectivity index (χ4v) is 3.80. The number of rotatable bonds is 7. The molecule has 8 nitrogen and oxygen atoms in total. The fourth-order valence-electron chi connectivity index (χ4n) is 3.14. The maximum absolute atomic E-state index is 12.8. The second-order valence-corrected chi connectivity index (χ2v) is 8.20. The maximum Gasteiger partial charge on any atom is 0.287 e. The average molecular weight is 472 g/mol. The molecule has 0 saturated heterocycles. The van der Waals surface area contributed by atoms with Crippen LogP contribution in [0.2, 0.25) is 0 Å². The Morgan fingerprint density at radius 3 is 2.38 bits per heavy atom. The van der Waals surface area contributed by atoms with Crippen LogP contribution in [-0.4, -0.2) is 27.8 Å². The fraction of sp³-hybridized carbons (Fsp3) is 0.0400. The minimum absolute atomic E-state index is 0.0286. The van der Waals surface area contributed by atoms with Gasteiger partial charge in [0.05, 0.1) is 17.5 Å². The summed E-state index contributed by atoms with van der Waals surface area (Å²) in [6.45, 7) is 1.74. The highest BCUT2D eigenvalue weighted by molar-refractivity contribution is 7.10. The van der Waals surface area contributed by atoms with Crippen molar-refractivity contribution >= 4 is 35.4 Å². The quantitative estimate of drug-likeness (QED) is 0.218. The lowest BCUT2D eigenvalue weighted by Gasteiger charge is -2.08. The van der Waals surface area contributed by atoms with E-state index in [1.807, 2.05) is 35.7 Å². The molecule has 0 aliphatic rings. The van der Waals surface area contributed by atoms with Crippen LogP contribution in [0.15, 0.2) is 93.8 Å². The standard InChI is InChI=1S/C25H21N5O3S/c1-17-21(25(33)30(29-17)19-11-6-3-7-12-19)16-26-28-24(32)22(15-20-13-8-14-34-20)27-23(31)18-9-4-2-5-10-18/h2-16,29H,1H3,(H,27,31)(H,28,32)/b22-15?,26-16+. The van der Waals surface area contributed by atoms with E-state index in [9.17, 15) is 14.4 Å².